The molecule has 5 atom stereocenters. The van der Waals surface area contributed by atoms with E-state index in [1.807, 2.05) is 43.3 Å². The van der Waals surface area contributed by atoms with Crippen molar-refractivity contribution in [3.63, 3.8) is 0 Å². The summed E-state index contributed by atoms with van der Waals surface area (Å²) in [5, 5.41) is 14.9. The fraction of sp³-hybridized carbons (Fsp3) is 0.444. The second-order valence-electron chi connectivity index (χ2n) is 9.78. The van der Waals surface area contributed by atoms with Crippen LogP contribution >= 0.6 is 0 Å². The van der Waals surface area contributed by atoms with Gasteiger partial charge in [-0.15, -0.1) is 0 Å². The van der Waals surface area contributed by atoms with Crippen LogP contribution < -0.4 is 15.4 Å². The number of benzene rings is 2. The van der Waals surface area contributed by atoms with Gasteiger partial charge in [0.2, 0.25) is 0 Å². The lowest BCUT2D eigenvalue weighted by Gasteiger charge is -2.18. The van der Waals surface area contributed by atoms with Crippen LogP contribution in [0.2, 0.25) is 0 Å². The first-order valence-electron chi connectivity index (χ1n) is 12.3. The van der Waals surface area contributed by atoms with Crippen molar-refractivity contribution in [1.29, 1.82) is 10.0 Å². The Labute approximate surface area is 217 Å². The standard InChI is InChI=1S/C27H32N4O5S/c1-17-3-6-21-12-20(9-10-24(21)36-27(17)33)19-7-4-18(5-8-19)11-22(13-28)31-26(32)25-15-30-14-23(16-35-25)37(2,29)34/h4-5,7-10,12,17,22-23,25,29-30H,3,6,11,14-16H2,1-2H3,(H,31,32)/t17?,22-,23+,25-,37?/m0/s1. The van der Waals surface area contributed by atoms with Crippen molar-refractivity contribution in [2.24, 2.45) is 5.92 Å². The lowest BCUT2D eigenvalue weighted by atomic mass is 9.97. The normalized spacial score (nSPS) is 24.2. The molecule has 2 aliphatic heterocycles. The summed E-state index contributed by atoms with van der Waals surface area (Å²) in [5.74, 6) is -0.109. The molecular formula is C27H32N4O5S. The third-order valence-corrected chi connectivity index (χ3v) is 8.41. The van der Waals surface area contributed by atoms with Gasteiger partial charge in [-0.2, -0.15) is 5.26 Å². The number of nitrogens with one attached hydrogen (secondary N) is 3. The van der Waals surface area contributed by atoms with Crippen LogP contribution in [0.3, 0.4) is 0 Å². The molecule has 0 saturated carbocycles. The lowest BCUT2D eigenvalue weighted by Crippen LogP contribution is -2.46. The average molecular weight is 525 g/mol. The van der Waals surface area contributed by atoms with E-state index in [0.29, 0.717) is 18.7 Å². The van der Waals surface area contributed by atoms with Gasteiger partial charge in [-0.3, -0.25) is 14.4 Å². The SMILES string of the molecule is CC1CCc2cc(-c3ccc(C[C@@H](C#N)NC(=O)[C@@H]4CNC[C@@H](S(C)(=N)=O)CO4)cc3)ccc2OC1=O. The second kappa shape index (κ2) is 11.4. The average Bonchev–Trinajstić information content (AvgIpc) is 3.21. The predicted octanol–water partition coefficient (Wildman–Crippen LogP) is 2.43. The topological polar surface area (TPSA) is 141 Å². The van der Waals surface area contributed by atoms with Crippen LogP contribution in [-0.2, 0) is 36.9 Å². The Morgan fingerprint density at radius 3 is 2.68 bits per heavy atom. The maximum absolute atomic E-state index is 12.7. The molecule has 2 unspecified atom stereocenters. The largest absolute Gasteiger partial charge is 0.426 e. The lowest BCUT2D eigenvalue weighted by molar-refractivity contribution is -0.138. The summed E-state index contributed by atoms with van der Waals surface area (Å²) in [7, 11) is -2.79. The fourth-order valence-corrected chi connectivity index (χ4v) is 5.16. The third kappa shape index (κ3) is 6.74. The van der Waals surface area contributed by atoms with Gasteiger partial charge in [0.05, 0.1) is 23.8 Å². The van der Waals surface area contributed by atoms with Crippen molar-refractivity contribution in [3.05, 3.63) is 53.6 Å². The van der Waals surface area contributed by atoms with Crippen molar-refractivity contribution in [2.45, 2.75) is 43.6 Å². The van der Waals surface area contributed by atoms with E-state index in [9.17, 15) is 19.1 Å². The first-order chi connectivity index (χ1) is 17.6. The number of ether oxygens (including phenoxy) is 2. The fourth-order valence-electron chi connectivity index (χ4n) is 4.39. The molecule has 1 saturated heterocycles. The number of hydrogen-bond donors (Lipinski definition) is 3. The minimum atomic E-state index is -2.79. The molecule has 37 heavy (non-hydrogen) atoms. The van der Waals surface area contributed by atoms with Crippen LogP contribution in [0.25, 0.3) is 11.1 Å². The van der Waals surface area contributed by atoms with Crippen LogP contribution in [-0.4, -0.2) is 59.4 Å². The Bertz CT molecular complexity index is 1300. The van der Waals surface area contributed by atoms with Gasteiger partial charge in [-0.05, 0) is 47.2 Å². The van der Waals surface area contributed by atoms with E-state index in [0.717, 1.165) is 35.1 Å². The highest BCUT2D eigenvalue weighted by Gasteiger charge is 2.29. The molecule has 4 rings (SSSR count). The van der Waals surface area contributed by atoms with Crippen LogP contribution in [0.1, 0.15) is 24.5 Å². The van der Waals surface area contributed by atoms with Crippen molar-refractivity contribution in [1.82, 2.24) is 10.6 Å². The molecule has 0 aliphatic carbocycles. The Morgan fingerprint density at radius 2 is 1.97 bits per heavy atom. The molecular weight excluding hydrogens is 492 g/mol. The minimum absolute atomic E-state index is 0.0484. The summed E-state index contributed by atoms with van der Waals surface area (Å²) in [5.41, 5.74) is 3.92. The number of aryl methyl sites for hydroxylation is 1. The van der Waals surface area contributed by atoms with Crippen molar-refractivity contribution < 1.29 is 23.3 Å². The number of nitrogens with zero attached hydrogens (tertiary/aromatic N) is 1. The van der Waals surface area contributed by atoms with E-state index in [1.54, 1.807) is 0 Å². The highest BCUT2D eigenvalue weighted by molar-refractivity contribution is 7.92. The quantitative estimate of drug-likeness (QED) is 0.389. The number of esters is 1. The maximum atomic E-state index is 12.7. The number of fused-ring (bicyclic) bond motifs is 1. The monoisotopic (exact) mass is 524 g/mol. The number of carbonyl (C=O) groups excluding carboxylic acids is 2. The summed E-state index contributed by atoms with van der Waals surface area (Å²) in [6.07, 6.45) is 2.41. The van der Waals surface area contributed by atoms with Gasteiger partial charge >= 0.3 is 5.97 Å². The molecule has 0 bridgehead atoms. The molecule has 196 valence electrons. The zero-order valence-electron chi connectivity index (χ0n) is 21.0. The van der Waals surface area contributed by atoms with E-state index in [-0.39, 0.29) is 25.0 Å². The summed E-state index contributed by atoms with van der Waals surface area (Å²) >= 11 is 0. The predicted molar refractivity (Wildman–Crippen MR) is 139 cm³/mol. The van der Waals surface area contributed by atoms with Gasteiger partial charge in [0, 0.05) is 35.5 Å². The van der Waals surface area contributed by atoms with Gasteiger partial charge in [0.25, 0.3) is 5.91 Å². The molecule has 0 aromatic heterocycles. The molecule has 0 spiro atoms. The van der Waals surface area contributed by atoms with Gasteiger partial charge in [0.15, 0.2) is 0 Å². The summed E-state index contributed by atoms with van der Waals surface area (Å²) in [6, 6.07) is 15.0. The smallest absolute Gasteiger partial charge is 0.314 e. The van der Waals surface area contributed by atoms with Gasteiger partial charge in [0.1, 0.15) is 17.9 Å². The molecule has 2 aromatic carbocycles. The van der Waals surface area contributed by atoms with E-state index in [2.05, 4.69) is 22.8 Å². The zero-order valence-corrected chi connectivity index (χ0v) is 21.8. The van der Waals surface area contributed by atoms with Crippen molar-refractivity contribution in [3.8, 4) is 22.9 Å². The van der Waals surface area contributed by atoms with Gasteiger partial charge < -0.3 is 20.1 Å². The molecule has 3 N–H and O–H groups in total. The number of amides is 1. The first-order valence-corrected chi connectivity index (χ1v) is 14.4. The van der Waals surface area contributed by atoms with Crippen LogP contribution in [0.5, 0.6) is 5.75 Å². The molecule has 2 aliphatic rings. The van der Waals surface area contributed by atoms with Gasteiger partial charge in [-0.25, -0.2) is 4.21 Å². The molecule has 2 heterocycles. The first kappa shape index (κ1) is 26.8. The second-order valence-corrected chi connectivity index (χ2v) is 12.3. The Hall–Kier alpha value is -3.26. The molecule has 2 aromatic rings. The maximum Gasteiger partial charge on any atom is 0.314 e. The van der Waals surface area contributed by atoms with Crippen molar-refractivity contribution in [2.75, 3.05) is 26.0 Å². The third-order valence-electron chi connectivity index (χ3n) is 6.83. The minimum Gasteiger partial charge on any atom is -0.426 e. The molecule has 0 radical (unpaired) electrons. The van der Waals surface area contributed by atoms with Crippen LogP contribution in [0.4, 0.5) is 0 Å². The highest BCUT2D eigenvalue weighted by atomic mass is 32.2. The van der Waals surface area contributed by atoms with E-state index in [1.165, 1.54) is 6.26 Å². The summed E-state index contributed by atoms with van der Waals surface area (Å²) in [6.45, 7) is 2.49. The number of nitriles is 1. The van der Waals surface area contributed by atoms with Crippen LogP contribution in [0.15, 0.2) is 42.5 Å². The molecule has 9 nitrogen and oxygen atoms in total. The van der Waals surface area contributed by atoms with E-state index in [4.69, 9.17) is 14.3 Å². The number of hydrogen-bond acceptors (Lipinski definition) is 8. The Balaban J connectivity index is 1.37. The Kier molecular flexibility index (Phi) is 8.27. The summed E-state index contributed by atoms with van der Waals surface area (Å²) in [4.78, 5) is 24.7. The highest BCUT2D eigenvalue weighted by Crippen LogP contribution is 2.31. The van der Waals surface area contributed by atoms with Crippen LogP contribution in [0, 0.1) is 22.0 Å². The number of carbonyl (C=O) groups is 2. The zero-order chi connectivity index (χ0) is 26.6. The molecule has 1 fully saturated rings. The van der Waals surface area contributed by atoms with Crippen molar-refractivity contribution >= 4 is 21.6 Å². The van der Waals surface area contributed by atoms with E-state index < -0.39 is 33.0 Å². The Morgan fingerprint density at radius 1 is 1.24 bits per heavy atom. The molecule has 10 heteroatoms. The molecule has 1 amide bonds. The summed E-state index contributed by atoms with van der Waals surface area (Å²) < 4.78 is 30.9. The van der Waals surface area contributed by atoms with E-state index >= 15 is 0 Å². The number of rotatable bonds is 6. The van der Waals surface area contributed by atoms with Gasteiger partial charge in [-0.1, -0.05) is 37.3 Å².